The molecule has 0 saturated carbocycles. The first kappa shape index (κ1) is 20.7. The Labute approximate surface area is 181 Å². The maximum Gasteiger partial charge on any atom is 0.286 e. The van der Waals surface area contributed by atoms with Crippen LogP contribution in [-0.4, -0.2) is 28.6 Å². The van der Waals surface area contributed by atoms with Gasteiger partial charge in [0.25, 0.3) is 5.91 Å². The number of fused-ring (bicyclic) bond motifs is 1. The molecule has 1 N–H and O–H groups in total. The predicted molar refractivity (Wildman–Crippen MR) is 121 cm³/mol. The molecule has 2 aromatic carbocycles. The second-order valence-electron chi connectivity index (χ2n) is 7.68. The number of benzene rings is 2. The number of ether oxygens (including phenoxy) is 1. The van der Waals surface area contributed by atoms with Crippen LogP contribution in [0.1, 0.15) is 33.9 Å². The van der Waals surface area contributed by atoms with Crippen LogP contribution in [0.5, 0.6) is 5.75 Å². The van der Waals surface area contributed by atoms with Gasteiger partial charge in [0.05, 0.1) is 23.8 Å². The number of aryl methyl sites for hydroxylation is 3. The smallest absolute Gasteiger partial charge is 0.286 e. The topological polar surface area (TPSA) is 69.3 Å². The van der Waals surface area contributed by atoms with Gasteiger partial charge in [-0.15, -0.1) is 0 Å². The lowest BCUT2D eigenvalue weighted by atomic mass is 10.1. The molecule has 1 amide bonds. The van der Waals surface area contributed by atoms with Crippen molar-refractivity contribution in [1.29, 1.82) is 0 Å². The van der Waals surface area contributed by atoms with E-state index in [2.05, 4.69) is 48.0 Å². The molecule has 2 aromatic heterocycles. The highest BCUT2D eigenvalue weighted by Gasteiger charge is 2.12. The summed E-state index contributed by atoms with van der Waals surface area (Å²) in [7, 11) is 0. The number of para-hydroxylation sites is 2. The normalized spacial score (nSPS) is 11.0. The molecule has 0 radical (unpaired) electrons. The fourth-order valence-electron chi connectivity index (χ4n) is 3.78. The van der Waals surface area contributed by atoms with Gasteiger partial charge in [0.2, 0.25) is 0 Å². The molecule has 0 fully saturated rings. The first-order valence-electron chi connectivity index (χ1n) is 10.6. The van der Waals surface area contributed by atoms with E-state index < -0.39 is 0 Å². The summed E-state index contributed by atoms with van der Waals surface area (Å²) in [6.07, 6.45) is 3.04. The van der Waals surface area contributed by atoms with Gasteiger partial charge in [-0.05, 0) is 67.8 Å². The van der Waals surface area contributed by atoms with Crippen molar-refractivity contribution in [1.82, 2.24) is 14.9 Å². The molecule has 0 atom stereocenters. The van der Waals surface area contributed by atoms with Gasteiger partial charge in [-0.2, -0.15) is 0 Å². The molecular weight excluding hydrogens is 390 g/mol. The number of carbonyl (C=O) groups is 1. The first-order chi connectivity index (χ1) is 15.1. The number of furan rings is 1. The SMILES string of the molecule is Cc1cc(C)cc(OCCn2c(CCCNC(=O)c3ccco3)nc3ccccc32)c1. The molecule has 6 heteroatoms. The summed E-state index contributed by atoms with van der Waals surface area (Å²) in [5.74, 6) is 2.03. The summed E-state index contributed by atoms with van der Waals surface area (Å²) in [5.41, 5.74) is 4.46. The minimum absolute atomic E-state index is 0.194. The largest absolute Gasteiger partial charge is 0.492 e. The Hall–Kier alpha value is -3.54. The number of amides is 1. The van der Waals surface area contributed by atoms with Gasteiger partial charge in [0.1, 0.15) is 18.2 Å². The van der Waals surface area contributed by atoms with Crippen LogP contribution < -0.4 is 10.1 Å². The van der Waals surface area contributed by atoms with E-state index in [0.717, 1.165) is 35.4 Å². The van der Waals surface area contributed by atoms with Gasteiger partial charge >= 0.3 is 0 Å². The Morgan fingerprint density at radius 3 is 2.68 bits per heavy atom. The fraction of sp³-hybridized carbons (Fsp3) is 0.280. The van der Waals surface area contributed by atoms with Gasteiger partial charge in [0.15, 0.2) is 5.76 Å². The van der Waals surface area contributed by atoms with E-state index in [9.17, 15) is 4.79 Å². The van der Waals surface area contributed by atoms with E-state index in [1.165, 1.54) is 17.4 Å². The molecule has 0 aliphatic carbocycles. The number of nitrogens with one attached hydrogen (secondary N) is 1. The Bertz CT molecular complexity index is 1140. The quantitative estimate of drug-likeness (QED) is 0.401. The molecule has 0 saturated heterocycles. The summed E-state index contributed by atoms with van der Waals surface area (Å²) in [6, 6.07) is 17.8. The number of carbonyl (C=O) groups excluding carboxylic acids is 1. The second kappa shape index (κ2) is 9.51. The monoisotopic (exact) mass is 417 g/mol. The number of hydrogen-bond donors (Lipinski definition) is 1. The predicted octanol–water partition coefficient (Wildman–Crippen LogP) is 4.69. The van der Waals surface area contributed by atoms with Crippen molar-refractivity contribution < 1.29 is 13.9 Å². The van der Waals surface area contributed by atoms with Crippen molar-refractivity contribution in [2.45, 2.75) is 33.2 Å². The van der Waals surface area contributed by atoms with E-state index in [1.54, 1.807) is 12.1 Å². The van der Waals surface area contributed by atoms with Crippen LogP contribution in [0, 0.1) is 13.8 Å². The van der Waals surface area contributed by atoms with E-state index in [0.29, 0.717) is 25.5 Å². The lowest BCUT2D eigenvalue weighted by Gasteiger charge is -2.12. The minimum Gasteiger partial charge on any atom is -0.492 e. The Kier molecular flexibility index (Phi) is 6.36. The third-order valence-electron chi connectivity index (χ3n) is 5.12. The van der Waals surface area contributed by atoms with Gasteiger partial charge in [0, 0.05) is 13.0 Å². The van der Waals surface area contributed by atoms with Crippen molar-refractivity contribution in [2.24, 2.45) is 0 Å². The average Bonchev–Trinajstić information content (AvgIpc) is 3.39. The zero-order chi connectivity index (χ0) is 21.6. The van der Waals surface area contributed by atoms with Crippen molar-refractivity contribution in [3.05, 3.63) is 83.6 Å². The van der Waals surface area contributed by atoms with Crippen molar-refractivity contribution >= 4 is 16.9 Å². The van der Waals surface area contributed by atoms with E-state index in [-0.39, 0.29) is 5.91 Å². The Balaban J connectivity index is 1.38. The molecule has 2 heterocycles. The molecule has 6 nitrogen and oxygen atoms in total. The maximum atomic E-state index is 12.0. The summed E-state index contributed by atoms with van der Waals surface area (Å²) in [5, 5.41) is 2.89. The fourth-order valence-corrected chi connectivity index (χ4v) is 3.78. The molecule has 0 unspecified atom stereocenters. The number of hydrogen-bond acceptors (Lipinski definition) is 4. The van der Waals surface area contributed by atoms with Crippen molar-refractivity contribution in [2.75, 3.05) is 13.2 Å². The third-order valence-corrected chi connectivity index (χ3v) is 5.12. The number of aromatic nitrogens is 2. The summed E-state index contributed by atoms with van der Waals surface area (Å²) in [4.78, 5) is 16.8. The van der Waals surface area contributed by atoms with Crippen molar-refractivity contribution in [3.8, 4) is 5.75 Å². The standard InChI is InChI=1S/C25H27N3O3/c1-18-15-19(2)17-20(16-18)30-14-12-28-22-8-4-3-7-21(22)27-24(28)10-5-11-26-25(29)23-9-6-13-31-23/h3-4,6-9,13,15-17H,5,10-12,14H2,1-2H3,(H,26,29). The van der Waals surface area contributed by atoms with Gasteiger partial charge in [-0.1, -0.05) is 18.2 Å². The summed E-state index contributed by atoms with van der Waals surface area (Å²) in [6.45, 7) is 5.98. The highest BCUT2D eigenvalue weighted by atomic mass is 16.5. The lowest BCUT2D eigenvalue weighted by molar-refractivity contribution is 0.0925. The summed E-state index contributed by atoms with van der Waals surface area (Å²) >= 11 is 0. The lowest BCUT2D eigenvalue weighted by Crippen LogP contribution is -2.24. The van der Waals surface area contributed by atoms with Crippen LogP contribution in [0.2, 0.25) is 0 Å². The maximum absolute atomic E-state index is 12.0. The molecule has 0 aliphatic heterocycles. The Morgan fingerprint density at radius 2 is 1.90 bits per heavy atom. The number of imidazole rings is 1. The molecule has 0 aliphatic rings. The van der Waals surface area contributed by atoms with Gasteiger partial charge in [-0.3, -0.25) is 4.79 Å². The van der Waals surface area contributed by atoms with Crippen LogP contribution in [0.25, 0.3) is 11.0 Å². The van der Waals surface area contributed by atoms with Crippen LogP contribution in [0.15, 0.2) is 65.3 Å². The number of rotatable bonds is 9. The zero-order valence-electron chi connectivity index (χ0n) is 17.9. The van der Waals surface area contributed by atoms with E-state index in [1.807, 2.05) is 18.2 Å². The number of nitrogens with zero attached hydrogens (tertiary/aromatic N) is 2. The second-order valence-corrected chi connectivity index (χ2v) is 7.68. The molecular formula is C25H27N3O3. The molecule has 31 heavy (non-hydrogen) atoms. The third kappa shape index (κ3) is 5.15. The molecule has 0 spiro atoms. The zero-order valence-corrected chi connectivity index (χ0v) is 17.9. The van der Waals surface area contributed by atoms with Crippen LogP contribution in [-0.2, 0) is 13.0 Å². The van der Waals surface area contributed by atoms with Crippen LogP contribution in [0.3, 0.4) is 0 Å². The van der Waals surface area contributed by atoms with E-state index >= 15 is 0 Å². The highest BCUT2D eigenvalue weighted by molar-refractivity contribution is 5.91. The Morgan fingerprint density at radius 1 is 1.10 bits per heavy atom. The molecule has 4 aromatic rings. The average molecular weight is 418 g/mol. The molecule has 4 rings (SSSR count). The van der Waals surface area contributed by atoms with Crippen molar-refractivity contribution in [3.63, 3.8) is 0 Å². The molecule has 160 valence electrons. The first-order valence-corrected chi connectivity index (χ1v) is 10.6. The minimum atomic E-state index is -0.194. The van der Waals surface area contributed by atoms with Crippen LogP contribution >= 0.6 is 0 Å². The summed E-state index contributed by atoms with van der Waals surface area (Å²) < 4.78 is 13.4. The molecule has 0 bridgehead atoms. The van der Waals surface area contributed by atoms with E-state index in [4.69, 9.17) is 14.1 Å². The van der Waals surface area contributed by atoms with Gasteiger partial charge in [-0.25, -0.2) is 4.98 Å². The van der Waals surface area contributed by atoms with Crippen LogP contribution in [0.4, 0.5) is 0 Å². The van der Waals surface area contributed by atoms with Gasteiger partial charge < -0.3 is 19.0 Å². The highest BCUT2D eigenvalue weighted by Crippen LogP contribution is 2.19.